The Morgan fingerprint density at radius 2 is 0.857 bits per heavy atom. The monoisotopic (exact) mass is 220 g/mol. The quantitative estimate of drug-likeness (QED) is 0.433. The Kier molecular flexibility index (Phi) is 24.2. The van der Waals surface area contributed by atoms with Crippen LogP contribution >= 0.6 is 0 Å². The van der Waals surface area contributed by atoms with Gasteiger partial charge in [-0.25, -0.2) is 0 Å². The van der Waals surface area contributed by atoms with Crippen molar-refractivity contribution in [2.75, 3.05) is 0 Å². The number of aliphatic carboxylic acids is 2. The molecule has 14 heavy (non-hydrogen) atoms. The summed E-state index contributed by atoms with van der Waals surface area (Å²) in [5.41, 5.74) is 0. The third-order valence-corrected chi connectivity index (χ3v) is 0.943. The molecular weight excluding hydrogens is 206 g/mol. The second-order valence-corrected chi connectivity index (χ2v) is 2.95. The summed E-state index contributed by atoms with van der Waals surface area (Å²) in [5.74, 6) is -2.67. The van der Waals surface area contributed by atoms with Crippen molar-refractivity contribution in [3.8, 4) is 0 Å². The zero-order valence-corrected chi connectivity index (χ0v) is 13.8. The Hall–Kier alpha value is 0.940. The van der Waals surface area contributed by atoms with Crippen molar-refractivity contribution in [3.05, 3.63) is 0 Å². The Morgan fingerprint density at radius 3 is 0.857 bits per heavy atom. The van der Waals surface area contributed by atoms with Gasteiger partial charge in [0.2, 0.25) is 0 Å². The van der Waals surface area contributed by atoms with E-state index in [1.807, 2.05) is 0 Å². The van der Waals surface area contributed by atoms with Crippen LogP contribution in [0.25, 0.3) is 0 Å². The Bertz CT molecular complexity index is 139. The third-order valence-electron chi connectivity index (χ3n) is 0.943. The van der Waals surface area contributed by atoms with E-state index < -0.39 is 11.9 Å². The second kappa shape index (κ2) is 13.9. The van der Waals surface area contributed by atoms with Crippen LogP contribution in [0.2, 0.25) is 0 Å². The molecule has 0 atom stereocenters. The van der Waals surface area contributed by atoms with Gasteiger partial charge in [-0.1, -0.05) is 27.7 Å². The second-order valence-electron chi connectivity index (χ2n) is 2.95. The van der Waals surface area contributed by atoms with Gasteiger partial charge in [-0.3, -0.25) is 0 Å². The van der Waals surface area contributed by atoms with Crippen molar-refractivity contribution >= 4 is 11.9 Å². The summed E-state index contributed by atoms with van der Waals surface area (Å²) in [6, 6.07) is 0. The van der Waals surface area contributed by atoms with Crippen LogP contribution in [0.1, 0.15) is 27.7 Å². The van der Waals surface area contributed by atoms with Crippen LogP contribution in [0.3, 0.4) is 0 Å². The minimum Gasteiger partial charge on any atom is -0.550 e. The standard InChI is InChI=1S/2C4H8O2.2Na/c2*1-3(2)4(5)6;;/h2*3H,1-2H3,(H,5,6);;/q;;2*+1/p-2. The van der Waals surface area contributed by atoms with E-state index in [0.717, 1.165) is 0 Å². The molecule has 0 fully saturated rings. The van der Waals surface area contributed by atoms with Crippen LogP contribution in [0.15, 0.2) is 0 Å². The summed E-state index contributed by atoms with van der Waals surface area (Å²) >= 11 is 0. The first-order valence-electron chi connectivity index (χ1n) is 3.70. The molecule has 0 aromatic heterocycles. The van der Waals surface area contributed by atoms with E-state index in [4.69, 9.17) is 0 Å². The van der Waals surface area contributed by atoms with Gasteiger partial charge < -0.3 is 19.8 Å². The van der Waals surface area contributed by atoms with Gasteiger partial charge in [0.1, 0.15) is 0 Å². The SMILES string of the molecule is CC(C)C(=O)[O-].CC(C)C(=O)[O-].[Na+].[Na+]. The summed E-state index contributed by atoms with van der Waals surface area (Å²) in [7, 11) is 0. The van der Waals surface area contributed by atoms with Gasteiger partial charge in [0.05, 0.1) is 0 Å². The van der Waals surface area contributed by atoms with Crippen molar-refractivity contribution in [2.24, 2.45) is 11.8 Å². The van der Waals surface area contributed by atoms with E-state index in [1.165, 1.54) is 0 Å². The Labute approximate surface area is 129 Å². The normalized spacial score (nSPS) is 7.86. The van der Waals surface area contributed by atoms with E-state index >= 15 is 0 Å². The Morgan fingerprint density at radius 1 is 0.786 bits per heavy atom. The van der Waals surface area contributed by atoms with Gasteiger partial charge in [0.25, 0.3) is 0 Å². The van der Waals surface area contributed by atoms with Crippen molar-refractivity contribution in [2.45, 2.75) is 27.7 Å². The number of hydrogen-bond acceptors (Lipinski definition) is 4. The number of carboxylic acid groups (broad SMARTS) is 2. The van der Waals surface area contributed by atoms with Gasteiger partial charge in [0.15, 0.2) is 0 Å². The van der Waals surface area contributed by atoms with Crippen molar-refractivity contribution in [1.29, 1.82) is 0 Å². The van der Waals surface area contributed by atoms with E-state index in [2.05, 4.69) is 0 Å². The number of rotatable bonds is 2. The Balaban J connectivity index is -0.0000000625. The van der Waals surface area contributed by atoms with Crippen LogP contribution in [-0.2, 0) is 9.59 Å². The number of carbonyl (C=O) groups excluding carboxylic acids is 2. The molecule has 0 aromatic rings. The van der Waals surface area contributed by atoms with Crippen LogP contribution in [0, 0.1) is 11.8 Å². The first-order valence-corrected chi connectivity index (χ1v) is 3.70. The van der Waals surface area contributed by atoms with Crippen molar-refractivity contribution in [3.63, 3.8) is 0 Å². The number of carbonyl (C=O) groups is 2. The van der Waals surface area contributed by atoms with Gasteiger partial charge in [-0.15, -0.1) is 0 Å². The molecule has 0 bridgehead atoms. The molecule has 0 aliphatic heterocycles. The largest absolute Gasteiger partial charge is 1.00 e. The fourth-order valence-corrected chi connectivity index (χ4v) is 0. The van der Waals surface area contributed by atoms with E-state index in [0.29, 0.717) is 0 Å². The molecule has 0 saturated heterocycles. The van der Waals surface area contributed by atoms with Gasteiger partial charge in [-0.05, 0) is 11.8 Å². The van der Waals surface area contributed by atoms with E-state index in [-0.39, 0.29) is 71.0 Å². The van der Waals surface area contributed by atoms with Crippen molar-refractivity contribution in [1.82, 2.24) is 0 Å². The van der Waals surface area contributed by atoms with Crippen LogP contribution in [0.5, 0.6) is 0 Å². The molecule has 0 N–H and O–H groups in total. The van der Waals surface area contributed by atoms with Gasteiger partial charge >= 0.3 is 59.1 Å². The van der Waals surface area contributed by atoms with Crippen LogP contribution in [0.4, 0.5) is 0 Å². The van der Waals surface area contributed by atoms with E-state index in [9.17, 15) is 19.8 Å². The summed E-state index contributed by atoms with van der Waals surface area (Å²) in [5, 5.41) is 19.2. The fourth-order valence-electron chi connectivity index (χ4n) is 0. The maximum atomic E-state index is 9.59. The molecule has 4 nitrogen and oxygen atoms in total. The third kappa shape index (κ3) is 23.1. The van der Waals surface area contributed by atoms with Gasteiger partial charge in [-0.2, -0.15) is 0 Å². The summed E-state index contributed by atoms with van der Waals surface area (Å²) in [6.45, 7) is 6.31. The van der Waals surface area contributed by atoms with E-state index in [1.54, 1.807) is 27.7 Å². The maximum absolute atomic E-state index is 9.59. The maximum Gasteiger partial charge on any atom is 1.00 e. The molecule has 72 valence electrons. The van der Waals surface area contributed by atoms with Crippen molar-refractivity contribution < 1.29 is 78.9 Å². The minimum absolute atomic E-state index is 0. The first-order chi connectivity index (χ1) is 5.29. The van der Waals surface area contributed by atoms with Crippen LogP contribution < -0.4 is 69.3 Å². The number of hydrogen-bond donors (Lipinski definition) is 0. The summed E-state index contributed by atoms with van der Waals surface area (Å²) in [6.07, 6.45) is 0. The average Bonchev–Trinajstić information content (AvgIpc) is 1.88. The summed E-state index contributed by atoms with van der Waals surface area (Å²) in [4.78, 5) is 19.2. The molecular formula is C8H14Na2O4. The number of carboxylic acids is 2. The topological polar surface area (TPSA) is 80.3 Å². The average molecular weight is 220 g/mol. The molecule has 0 saturated carbocycles. The molecule has 0 heterocycles. The smallest absolute Gasteiger partial charge is 0.550 e. The molecule has 0 unspecified atom stereocenters. The molecule has 0 amide bonds. The first kappa shape index (κ1) is 24.3. The summed E-state index contributed by atoms with van der Waals surface area (Å²) < 4.78 is 0. The zero-order valence-electron chi connectivity index (χ0n) is 9.79. The predicted molar refractivity (Wildman–Crippen MR) is 39.7 cm³/mol. The fraction of sp³-hybridized carbons (Fsp3) is 0.750. The molecule has 0 aliphatic carbocycles. The minimum atomic E-state index is -0.991. The molecule has 6 heteroatoms. The molecule has 0 aromatic carbocycles. The molecule has 0 radical (unpaired) electrons. The molecule has 0 aliphatic rings. The zero-order chi connectivity index (χ0) is 10.3. The predicted octanol–water partition coefficient (Wildman–Crippen LogP) is -7.21. The molecule has 0 rings (SSSR count). The molecule has 0 spiro atoms. The van der Waals surface area contributed by atoms with Crippen LogP contribution in [-0.4, -0.2) is 11.9 Å². The van der Waals surface area contributed by atoms with Gasteiger partial charge in [0, 0.05) is 11.9 Å².